The van der Waals surface area contributed by atoms with Crippen molar-refractivity contribution in [1.82, 2.24) is 0 Å². The summed E-state index contributed by atoms with van der Waals surface area (Å²) in [5.74, 6) is -0.800. The Balaban J connectivity index is 1.83. The van der Waals surface area contributed by atoms with Gasteiger partial charge in [0, 0.05) is 12.5 Å². The molecule has 164 valence electrons. The Kier molecular flexibility index (Phi) is 6.79. The molecular weight excluding hydrogens is 404 g/mol. The molecule has 1 aliphatic rings. The van der Waals surface area contributed by atoms with Gasteiger partial charge in [0.25, 0.3) is 0 Å². The van der Waals surface area contributed by atoms with Crippen LogP contribution in [0.3, 0.4) is 0 Å². The maximum absolute atomic E-state index is 13.1. The molecule has 0 saturated carbocycles. The van der Waals surface area contributed by atoms with Gasteiger partial charge in [0.1, 0.15) is 6.61 Å². The molecule has 0 aliphatic carbocycles. The van der Waals surface area contributed by atoms with Crippen molar-refractivity contribution in [2.24, 2.45) is 11.8 Å². The number of carbonyl (C=O) groups is 3. The topological polar surface area (TPSA) is 97.4 Å². The Bertz CT molecular complexity index is 997. The Morgan fingerprint density at radius 3 is 2.23 bits per heavy atom. The van der Waals surface area contributed by atoms with Crippen molar-refractivity contribution in [2.75, 3.05) is 27.9 Å². The third-order valence-electron chi connectivity index (χ3n) is 5.14. The number of ether oxygens (including phenoxy) is 5. The maximum Gasteiger partial charge on any atom is 0.310 e. The predicted molar refractivity (Wildman–Crippen MR) is 110 cm³/mol. The monoisotopic (exact) mass is 428 g/mol. The van der Waals surface area contributed by atoms with Gasteiger partial charge in [-0.15, -0.1) is 0 Å². The molecule has 31 heavy (non-hydrogen) atoms. The van der Waals surface area contributed by atoms with Crippen LogP contribution in [0.25, 0.3) is 0 Å². The van der Waals surface area contributed by atoms with Crippen LogP contribution in [0.1, 0.15) is 22.8 Å². The first-order chi connectivity index (χ1) is 14.9. The molecule has 1 saturated heterocycles. The van der Waals surface area contributed by atoms with Crippen molar-refractivity contribution in [1.29, 1.82) is 0 Å². The normalized spacial score (nSPS) is 17.6. The van der Waals surface area contributed by atoms with E-state index >= 15 is 0 Å². The Morgan fingerprint density at radius 1 is 0.935 bits per heavy atom. The highest BCUT2D eigenvalue weighted by Crippen LogP contribution is 2.35. The lowest BCUT2D eigenvalue weighted by Gasteiger charge is -2.16. The molecule has 0 unspecified atom stereocenters. The zero-order chi connectivity index (χ0) is 22.5. The van der Waals surface area contributed by atoms with E-state index in [1.54, 1.807) is 36.4 Å². The van der Waals surface area contributed by atoms with Crippen LogP contribution in [0.2, 0.25) is 0 Å². The molecule has 2 aromatic rings. The van der Waals surface area contributed by atoms with Crippen molar-refractivity contribution in [3.8, 4) is 23.0 Å². The second kappa shape index (κ2) is 9.51. The van der Waals surface area contributed by atoms with E-state index in [1.807, 2.05) is 0 Å². The minimum Gasteiger partial charge on any atom is -0.493 e. The molecule has 1 heterocycles. The van der Waals surface area contributed by atoms with Gasteiger partial charge in [-0.25, -0.2) is 0 Å². The van der Waals surface area contributed by atoms with Gasteiger partial charge in [-0.1, -0.05) is 6.07 Å². The summed E-state index contributed by atoms with van der Waals surface area (Å²) >= 11 is 0. The molecular formula is C23H24O8. The number of Topliss-reactive ketones (excluding diaryl/α,β-unsaturated/α-hetero) is 1. The lowest BCUT2D eigenvalue weighted by Crippen LogP contribution is -2.26. The third kappa shape index (κ3) is 4.79. The highest BCUT2D eigenvalue weighted by Gasteiger charge is 2.41. The van der Waals surface area contributed by atoms with Crippen molar-refractivity contribution >= 4 is 17.7 Å². The molecule has 0 amide bonds. The van der Waals surface area contributed by atoms with Crippen LogP contribution in [-0.4, -0.2) is 45.7 Å². The van der Waals surface area contributed by atoms with Crippen molar-refractivity contribution < 1.29 is 38.1 Å². The Morgan fingerprint density at radius 2 is 1.58 bits per heavy atom. The predicted octanol–water partition coefficient (Wildman–Crippen LogP) is 2.85. The van der Waals surface area contributed by atoms with Crippen molar-refractivity contribution in [3.63, 3.8) is 0 Å². The summed E-state index contributed by atoms with van der Waals surface area (Å²) < 4.78 is 26.1. The average Bonchev–Trinajstić information content (AvgIpc) is 3.13. The first kappa shape index (κ1) is 22.1. The minimum atomic E-state index is -0.648. The Hall–Kier alpha value is -3.55. The quantitative estimate of drug-likeness (QED) is 0.360. The van der Waals surface area contributed by atoms with E-state index in [2.05, 4.69) is 0 Å². The van der Waals surface area contributed by atoms with E-state index in [1.165, 1.54) is 28.3 Å². The number of methoxy groups -OCH3 is 3. The first-order valence-electron chi connectivity index (χ1n) is 9.66. The zero-order valence-electron chi connectivity index (χ0n) is 17.8. The summed E-state index contributed by atoms with van der Waals surface area (Å²) in [4.78, 5) is 36.8. The summed E-state index contributed by atoms with van der Waals surface area (Å²) in [6.45, 7) is 1.31. The number of carbonyl (C=O) groups excluding carboxylic acids is 3. The lowest BCUT2D eigenvalue weighted by molar-refractivity contribution is -0.141. The molecule has 8 nitrogen and oxygen atoms in total. The van der Waals surface area contributed by atoms with Gasteiger partial charge in [0.15, 0.2) is 28.8 Å². The van der Waals surface area contributed by atoms with Gasteiger partial charge in [-0.2, -0.15) is 0 Å². The number of rotatable bonds is 8. The van der Waals surface area contributed by atoms with Gasteiger partial charge in [-0.3, -0.25) is 14.4 Å². The number of cyclic esters (lactones) is 1. The van der Waals surface area contributed by atoms with Gasteiger partial charge in [0.05, 0.1) is 33.2 Å². The van der Waals surface area contributed by atoms with Crippen LogP contribution in [0.15, 0.2) is 36.4 Å². The lowest BCUT2D eigenvalue weighted by atomic mass is 9.84. The van der Waals surface area contributed by atoms with Crippen molar-refractivity contribution in [3.05, 3.63) is 47.5 Å². The minimum absolute atomic E-state index is 0.0132. The van der Waals surface area contributed by atoms with E-state index in [4.69, 9.17) is 23.7 Å². The fraction of sp³-hybridized carbons (Fsp3) is 0.348. The fourth-order valence-electron chi connectivity index (χ4n) is 3.58. The molecule has 2 atom stereocenters. The molecule has 1 aliphatic heterocycles. The summed E-state index contributed by atoms with van der Waals surface area (Å²) in [6.07, 6.45) is 0.277. The van der Waals surface area contributed by atoms with Gasteiger partial charge in [-0.05, 0) is 42.3 Å². The first-order valence-corrected chi connectivity index (χ1v) is 9.66. The second-order valence-corrected chi connectivity index (χ2v) is 7.06. The standard InChI is InChI=1S/C23H24O8/c1-13(24)31-19-7-5-14(10-20(19)28-3)9-16-17(12-30-23(16)26)22(25)15-6-8-18(27-2)21(11-15)29-4/h5-8,10-11,16-17H,9,12H2,1-4H3/t16-,17+/m1/s1. The molecule has 8 heteroatoms. The van der Waals surface area contributed by atoms with Crippen LogP contribution in [0.5, 0.6) is 23.0 Å². The van der Waals surface area contributed by atoms with E-state index in [9.17, 15) is 14.4 Å². The number of benzene rings is 2. The molecule has 0 bridgehead atoms. The van der Waals surface area contributed by atoms with E-state index in [0.29, 0.717) is 22.8 Å². The molecule has 1 fully saturated rings. The number of hydrogen-bond donors (Lipinski definition) is 0. The summed E-state index contributed by atoms with van der Waals surface area (Å²) in [7, 11) is 4.46. The van der Waals surface area contributed by atoms with Gasteiger partial charge < -0.3 is 23.7 Å². The maximum atomic E-state index is 13.1. The molecule has 2 aromatic carbocycles. The third-order valence-corrected chi connectivity index (χ3v) is 5.14. The highest BCUT2D eigenvalue weighted by atomic mass is 16.6. The Labute approximate surface area is 180 Å². The van der Waals surface area contributed by atoms with Gasteiger partial charge in [0.2, 0.25) is 0 Å². The number of ketones is 1. The largest absolute Gasteiger partial charge is 0.493 e. The molecule has 3 rings (SSSR count). The van der Waals surface area contributed by atoms with Crippen LogP contribution in [0.4, 0.5) is 0 Å². The van der Waals surface area contributed by atoms with E-state index in [0.717, 1.165) is 5.56 Å². The zero-order valence-corrected chi connectivity index (χ0v) is 17.8. The van der Waals surface area contributed by atoms with E-state index < -0.39 is 23.8 Å². The van der Waals surface area contributed by atoms with E-state index in [-0.39, 0.29) is 24.6 Å². The number of hydrogen-bond acceptors (Lipinski definition) is 8. The van der Waals surface area contributed by atoms with Crippen LogP contribution in [0, 0.1) is 11.8 Å². The second-order valence-electron chi connectivity index (χ2n) is 7.06. The van der Waals surface area contributed by atoms with Crippen LogP contribution in [-0.2, 0) is 20.7 Å². The molecule has 0 radical (unpaired) electrons. The average molecular weight is 428 g/mol. The van der Waals surface area contributed by atoms with Crippen LogP contribution >= 0.6 is 0 Å². The molecule has 0 aromatic heterocycles. The van der Waals surface area contributed by atoms with Gasteiger partial charge >= 0.3 is 11.9 Å². The summed E-state index contributed by atoms with van der Waals surface area (Å²) in [6, 6.07) is 9.89. The van der Waals surface area contributed by atoms with Crippen LogP contribution < -0.4 is 18.9 Å². The molecule has 0 N–H and O–H groups in total. The smallest absolute Gasteiger partial charge is 0.310 e. The number of esters is 2. The SMILES string of the molecule is COc1ccc(C(=O)[C@H]2COC(=O)[C@@H]2Cc2ccc(OC(C)=O)c(OC)c2)cc1OC. The van der Waals surface area contributed by atoms with Crippen molar-refractivity contribution in [2.45, 2.75) is 13.3 Å². The summed E-state index contributed by atoms with van der Waals surface area (Å²) in [5.41, 5.74) is 1.16. The fourth-order valence-corrected chi connectivity index (χ4v) is 3.58. The molecule has 0 spiro atoms. The highest BCUT2D eigenvalue weighted by molar-refractivity contribution is 6.01. The summed E-state index contributed by atoms with van der Waals surface area (Å²) in [5, 5.41) is 0.